The van der Waals surface area contributed by atoms with Crippen molar-refractivity contribution in [2.75, 3.05) is 26.2 Å². The standard InChI is InChI=1S/C25H35N2O4/c1-19-7-12-24(23(15-19)25(2,3)4)31-18-22(28)17-27(13-5-6-14-27)16-20-8-10-21(11-9-20)26(29)30/h7-12,15,22,28H,5-6,13-14,16-18H2,1-4H3/q+1/t22-/m1/s1. The number of aryl methyl sites for hydroxylation is 1. The van der Waals surface area contributed by atoms with E-state index in [0.717, 1.165) is 53.8 Å². The van der Waals surface area contributed by atoms with E-state index in [1.165, 1.54) is 5.56 Å². The van der Waals surface area contributed by atoms with Crippen molar-refractivity contribution in [3.63, 3.8) is 0 Å². The van der Waals surface area contributed by atoms with Crippen LogP contribution in [0.3, 0.4) is 0 Å². The number of aliphatic hydroxyl groups excluding tert-OH is 1. The normalized spacial score (nSPS) is 16.8. The van der Waals surface area contributed by atoms with Crippen molar-refractivity contribution < 1.29 is 19.2 Å². The van der Waals surface area contributed by atoms with E-state index in [2.05, 4.69) is 33.8 Å². The summed E-state index contributed by atoms with van der Waals surface area (Å²) in [6, 6.07) is 13.0. The minimum absolute atomic E-state index is 0.0367. The molecular formula is C25H35N2O4+. The molecule has 6 heteroatoms. The molecule has 1 heterocycles. The van der Waals surface area contributed by atoms with Crippen LogP contribution < -0.4 is 4.74 Å². The van der Waals surface area contributed by atoms with Gasteiger partial charge in [-0.1, -0.05) is 38.5 Å². The van der Waals surface area contributed by atoms with Crippen molar-refractivity contribution in [3.05, 3.63) is 69.3 Å². The van der Waals surface area contributed by atoms with E-state index >= 15 is 0 Å². The number of benzene rings is 2. The predicted molar refractivity (Wildman–Crippen MR) is 122 cm³/mol. The van der Waals surface area contributed by atoms with Crippen LogP contribution in [0.25, 0.3) is 0 Å². The first kappa shape index (κ1) is 23.2. The number of hydrogen-bond donors (Lipinski definition) is 1. The van der Waals surface area contributed by atoms with Crippen LogP contribution in [-0.2, 0) is 12.0 Å². The summed E-state index contributed by atoms with van der Waals surface area (Å²) in [5, 5.41) is 21.8. The first-order valence-corrected chi connectivity index (χ1v) is 11.1. The Morgan fingerprint density at radius 3 is 2.35 bits per heavy atom. The van der Waals surface area contributed by atoms with Crippen LogP contribution in [0.4, 0.5) is 5.69 Å². The van der Waals surface area contributed by atoms with Crippen molar-refractivity contribution in [3.8, 4) is 5.75 Å². The second-order valence-electron chi connectivity index (χ2n) is 9.97. The minimum atomic E-state index is -0.578. The summed E-state index contributed by atoms with van der Waals surface area (Å²) < 4.78 is 6.89. The number of non-ortho nitro benzene ring substituents is 1. The maximum Gasteiger partial charge on any atom is 0.269 e. The molecule has 0 radical (unpaired) electrons. The Labute approximate surface area is 185 Å². The Morgan fingerprint density at radius 2 is 1.77 bits per heavy atom. The summed E-state index contributed by atoms with van der Waals surface area (Å²) in [6.07, 6.45) is 1.68. The summed E-state index contributed by atoms with van der Waals surface area (Å²) in [6.45, 7) is 12.2. The van der Waals surface area contributed by atoms with Crippen LogP contribution in [0.15, 0.2) is 42.5 Å². The first-order valence-electron chi connectivity index (χ1n) is 11.1. The number of nitrogens with zero attached hydrogens (tertiary/aromatic N) is 2. The summed E-state index contributed by atoms with van der Waals surface area (Å²) >= 11 is 0. The third kappa shape index (κ3) is 6.05. The third-order valence-electron chi connectivity index (χ3n) is 6.15. The van der Waals surface area contributed by atoms with Gasteiger partial charge in [0.2, 0.25) is 0 Å². The van der Waals surface area contributed by atoms with Crippen molar-refractivity contribution >= 4 is 5.69 Å². The highest BCUT2D eigenvalue weighted by molar-refractivity contribution is 5.41. The lowest BCUT2D eigenvalue weighted by Gasteiger charge is -2.36. The zero-order chi connectivity index (χ0) is 22.6. The van der Waals surface area contributed by atoms with Gasteiger partial charge in [-0.25, -0.2) is 0 Å². The number of likely N-dealkylation sites (tertiary alicyclic amines) is 1. The van der Waals surface area contributed by atoms with E-state index in [-0.39, 0.29) is 22.6 Å². The maximum atomic E-state index is 10.9. The van der Waals surface area contributed by atoms with Gasteiger partial charge in [-0.15, -0.1) is 0 Å². The zero-order valence-electron chi connectivity index (χ0n) is 19.1. The summed E-state index contributed by atoms with van der Waals surface area (Å²) in [7, 11) is 0. The molecule has 0 aromatic heterocycles. The zero-order valence-corrected chi connectivity index (χ0v) is 19.1. The van der Waals surface area contributed by atoms with Crippen LogP contribution in [-0.4, -0.2) is 46.9 Å². The number of quaternary nitrogens is 1. The fraction of sp³-hybridized carbons (Fsp3) is 0.520. The SMILES string of the molecule is Cc1ccc(OC[C@H](O)C[N+]2(Cc3ccc([N+](=O)[O-])cc3)CCCC2)c(C(C)(C)C)c1. The molecule has 168 valence electrons. The van der Waals surface area contributed by atoms with Crippen LogP contribution >= 0.6 is 0 Å². The molecule has 3 rings (SSSR count). The molecule has 0 saturated carbocycles. The van der Waals surface area contributed by atoms with Crippen molar-refractivity contribution in [1.82, 2.24) is 0 Å². The molecule has 1 N–H and O–H groups in total. The molecule has 0 amide bonds. The van der Waals surface area contributed by atoms with Crippen LogP contribution in [0.5, 0.6) is 5.75 Å². The topological polar surface area (TPSA) is 72.6 Å². The number of rotatable bonds is 8. The molecule has 1 saturated heterocycles. The van der Waals surface area contributed by atoms with E-state index in [1.54, 1.807) is 12.1 Å². The predicted octanol–water partition coefficient (Wildman–Crippen LogP) is 4.75. The van der Waals surface area contributed by atoms with Crippen LogP contribution in [0.1, 0.15) is 50.3 Å². The highest BCUT2D eigenvalue weighted by Gasteiger charge is 2.35. The van der Waals surface area contributed by atoms with Gasteiger partial charge in [0.05, 0.1) is 18.0 Å². The van der Waals surface area contributed by atoms with Crippen molar-refractivity contribution in [2.24, 2.45) is 0 Å². The molecule has 1 fully saturated rings. The van der Waals surface area contributed by atoms with Crippen molar-refractivity contribution in [2.45, 2.75) is 58.6 Å². The van der Waals surface area contributed by atoms with Gasteiger partial charge in [-0.3, -0.25) is 10.1 Å². The van der Waals surface area contributed by atoms with E-state index in [9.17, 15) is 15.2 Å². The molecule has 0 bridgehead atoms. The lowest BCUT2D eigenvalue weighted by Crippen LogP contribution is -2.50. The second kappa shape index (κ2) is 9.37. The van der Waals surface area contributed by atoms with Crippen LogP contribution in [0.2, 0.25) is 0 Å². The Bertz CT molecular complexity index is 897. The Kier molecular flexibility index (Phi) is 7.02. The molecule has 1 atom stereocenters. The lowest BCUT2D eigenvalue weighted by molar-refractivity contribution is -0.932. The number of nitro benzene ring substituents is 1. The summed E-state index contributed by atoms with van der Waals surface area (Å²) in [5.41, 5.74) is 3.48. The van der Waals surface area contributed by atoms with E-state index in [0.29, 0.717) is 6.54 Å². The molecule has 0 spiro atoms. The lowest BCUT2D eigenvalue weighted by atomic mass is 9.85. The Balaban J connectivity index is 1.66. The quantitative estimate of drug-likeness (QED) is 0.375. The molecule has 0 unspecified atom stereocenters. The average Bonchev–Trinajstić information content (AvgIpc) is 3.14. The molecule has 1 aliphatic rings. The monoisotopic (exact) mass is 427 g/mol. The number of ether oxygens (including phenoxy) is 1. The fourth-order valence-electron chi connectivity index (χ4n) is 4.56. The Hall–Kier alpha value is -2.44. The Morgan fingerprint density at radius 1 is 1.13 bits per heavy atom. The van der Waals surface area contributed by atoms with Gasteiger partial charge in [0.15, 0.2) is 0 Å². The third-order valence-corrected chi connectivity index (χ3v) is 6.15. The van der Waals surface area contributed by atoms with Gasteiger partial charge in [0.25, 0.3) is 5.69 Å². The molecule has 6 nitrogen and oxygen atoms in total. The van der Waals surface area contributed by atoms with Gasteiger partial charge >= 0.3 is 0 Å². The highest BCUT2D eigenvalue weighted by Crippen LogP contribution is 2.32. The smallest absolute Gasteiger partial charge is 0.269 e. The van der Waals surface area contributed by atoms with E-state index in [1.807, 2.05) is 24.3 Å². The van der Waals surface area contributed by atoms with Crippen molar-refractivity contribution in [1.29, 1.82) is 0 Å². The summed E-state index contributed by atoms with van der Waals surface area (Å²) in [5.74, 6) is 0.834. The number of aliphatic hydroxyl groups is 1. The molecule has 0 aliphatic carbocycles. The largest absolute Gasteiger partial charge is 0.490 e. The molecule has 1 aliphatic heterocycles. The first-order chi connectivity index (χ1) is 14.6. The summed E-state index contributed by atoms with van der Waals surface area (Å²) in [4.78, 5) is 10.5. The van der Waals surface area contributed by atoms with Crippen LogP contribution in [0, 0.1) is 17.0 Å². The second-order valence-corrected chi connectivity index (χ2v) is 9.97. The number of nitro groups is 1. The van der Waals surface area contributed by atoms with Gasteiger partial charge < -0.3 is 14.3 Å². The average molecular weight is 428 g/mol. The molecule has 2 aromatic carbocycles. The molecular weight excluding hydrogens is 392 g/mol. The van der Waals surface area contributed by atoms with Gasteiger partial charge in [0, 0.05) is 30.5 Å². The molecule has 2 aromatic rings. The highest BCUT2D eigenvalue weighted by atomic mass is 16.6. The van der Waals surface area contributed by atoms with Gasteiger partial charge in [-0.05, 0) is 36.1 Å². The van der Waals surface area contributed by atoms with E-state index in [4.69, 9.17) is 4.74 Å². The minimum Gasteiger partial charge on any atom is -0.490 e. The van der Waals surface area contributed by atoms with Gasteiger partial charge in [0.1, 0.15) is 31.5 Å². The van der Waals surface area contributed by atoms with E-state index < -0.39 is 6.10 Å². The number of hydrogen-bond acceptors (Lipinski definition) is 4. The maximum absolute atomic E-state index is 10.9. The molecule has 31 heavy (non-hydrogen) atoms. The van der Waals surface area contributed by atoms with Gasteiger partial charge in [-0.2, -0.15) is 0 Å². The fourth-order valence-corrected chi connectivity index (χ4v) is 4.56.